The number of nitrogens with two attached hydrogens (primary N) is 2. The molecule has 0 saturated heterocycles. The van der Waals surface area contributed by atoms with Crippen molar-refractivity contribution in [3.63, 3.8) is 0 Å². The number of hydrogen-bond donors (Lipinski definition) is 2. The smallest absolute Gasteiger partial charge is 0.330 e. The summed E-state index contributed by atoms with van der Waals surface area (Å²) in [6.45, 7) is 2.25. The van der Waals surface area contributed by atoms with Crippen LogP contribution in [0, 0.1) is 0 Å². The standard InChI is InChI=1S/C10H24Cl2N3O3P/c11-3-7-15(8-4-12)19(16,17-9-1-5-13)18-10-2-6-14/h1-10,13-14H2. The second-order valence-corrected chi connectivity index (χ2v) is 6.53. The lowest BCUT2D eigenvalue weighted by Gasteiger charge is -2.29. The Labute approximate surface area is 125 Å². The van der Waals surface area contributed by atoms with Gasteiger partial charge in [0.1, 0.15) is 0 Å². The Morgan fingerprint density at radius 3 is 1.68 bits per heavy atom. The highest BCUT2D eigenvalue weighted by Crippen LogP contribution is 2.51. The van der Waals surface area contributed by atoms with Crippen LogP contribution < -0.4 is 11.5 Å². The van der Waals surface area contributed by atoms with E-state index < -0.39 is 7.75 Å². The predicted octanol–water partition coefficient (Wildman–Crippen LogP) is 1.60. The second kappa shape index (κ2) is 12.4. The third-order valence-corrected chi connectivity index (χ3v) is 4.69. The Hall–Kier alpha value is 0.610. The summed E-state index contributed by atoms with van der Waals surface area (Å²) in [5.41, 5.74) is 10.8. The summed E-state index contributed by atoms with van der Waals surface area (Å²) in [6.07, 6.45) is 1.22. The van der Waals surface area contributed by atoms with E-state index in [0.29, 0.717) is 50.8 Å². The van der Waals surface area contributed by atoms with E-state index in [-0.39, 0.29) is 13.2 Å². The zero-order chi connectivity index (χ0) is 14.6. The normalized spacial score (nSPS) is 12.3. The van der Waals surface area contributed by atoms with Gasteiger partial charge in [0.25, 0.3) is 0 Å². The molecule has 0 aliphatic carbocycles. The molecule has 0 aromatic carbocycles. The van der Waals surface area contributed by atoms with Gasteiger partial charge >= 0.3 is 7.75 Å². The Morgan fingerprint density at radius 2 is 1.37 bits per heavy atom. The van der Waals surface area contributed by atoms with Gasteiger partial charge in [-0.2, -0.15) is 0 Å². The van der Waals surface area contributed by atoms with Gasteiger partial charge in [0.05, 0.1) is 13.2 Å². The summed E-state index contributed by atoms with van der Waals surface area (Å²) >= 11 is 11.4. The maximum Gasteiger partial charge on any atom is 0.408 e. The van der Waals surface area contributed by atoms with Crippen LogP contribution in [-0.4, -0.2) is 55.8 Å². The molecule has 0 heterocycles. The van der Waals surface area contributed by atoms with Gasteiger partial charge in [-0.25, -0.2) is 9.24 Å². The molecule has 0 aromatic rings. The Balaban J connectivity index is 4.61. The van der Waals surface area contributed by atoms with E-state index in [9.17, 15) is 4.57 Å². The molecule has 0 radical (unpaired) electrons. The molecule has 4 N–H and O–H groups in total. The van der Waals surface area contributed by atoms with Crippen LogP contribution >= 0.6 is 30.9 Å². The zero-order valence-electron chi connectivity index (χ0n) is 11.1. The largest absolute Gasteiger partial charge is 0.408 e. The predicted molar refractivity (Wildman–Crippen MR) is 79.9 cm³/mol. The molecule has 6 nitrogen and oxygen atoms in total. The van der Waals surface area contributed by atoms with Crippen LogP contribution in [0.25, 0.3) is 0 Å². The van der Waals surface area contributed by atoms with Gasteiger partial charge in [0, 0.05) is 24.8 Å². The zero-order valence-corrected chi connectivity index (χ0v) is 13.5. The van der Waals surface area contributed by atoms with Crippen molar-refractivity contribution in [1.82, 2.24) is 4.67 Å². The second-order valence-electron chi connectivity index (χ2n) is 3.75. The van der Waals surface area contributed by atoms with E-state index in [0.717, 1.165) is 0 Å². The SMILES string of the molecule is NCCCOP(=O)(OCCCN)N(CCCl)CCCl. The van der Waals surface area contributed by atoms with E-state index >= 15 is 0 Å². The average Bonchev–Trinajstić information content (AvgIpc) is 2.39. The van der Waals surface area contributed by atoms with Crippen molar-refractivity contribution in [3.8, 4) is 0 Å². The molecule has 0 bridgehead atoms. The first-order valence-corrected chi connectivity index (χ1v) is 8.87. The molecule has 19 heavy (non-hydrogen) atoms. The van der Waals surface area contributed by atoms with Crippen LogP contribution in [0.1, 0.15) is 12.8 Å². The molecule has 0 aromatic heterocycles. The minimum atomic E-state index is -3.37. The van der Waals surface area contributed by atoms with Gasteiger partial charge in [-0.05, 0) is 25.9 Å². The molecule has 0 spiro atoms. The molecule has 0 unspecified atom stereocenters. The number of alkyl halides is 2. The number of hydrogen-bond acceptors (Lipinski definition) is 5. The Morgan fingerprint density at radius 1 is 0.947 bits per heavy atom. The number of halogens is 2. The van der Waals surface area contributed by atoms with Crippen molar-refractivity contribution >= 4 is 30.9 Å². The Kier molecular flexibility index (Phi) is 12.8. The highest BCUT2D eigenvalue weighted by molar-refractivity contribution is 7.51. The molecule has 0 atom stereocenters. The highest BCUT2D eigenvalue weighted by atomic mass is 35.5. The molecular formula is C10H24Cl2N3O3P. The molecular weight excluding hydrogens is 312 g/mol. The lowest BCUT2D eigenvalue weighted by molar-refractivity contribution is 0.159. The third kappa shape index (κ3) is 8.48. The van der Waals surface area contributed by atoms with Crippen molar-refractivity contribution in [2.75, 3.05) is 51.2 Å². The van der Waals surface area contributed by atoms with Crippen LogP contribution in [0.4, 0.5) is 0 Å². The van der Waals surface area contributed by atoms with Gasteiger partial charge < -0.3 is 11.5 Å². The third-order valence-electron chi connectivity index (χ3n) is 2.24. The summed E-state index contributed by atoms with van der Waals surface area (Å²) < 4.78 is 25.1. The lowest BCUT2D eigenvalue weighted by Crippen LogP contribution is -2.28. The molecule has 0 fully saturated rings. The van der Waals surface area contributed by atoms with E-state index in [1.807, 2.05) is 0 Å². The lowest BCUT2D eigenvalue weighted by atomic mass is 10.5. The first-order valence-electron chi connectivity index (χ1n) is 6.31. The van der Waals surface area contributed by atoms with Crippen LogP contribution in [0.3, 0.4) is 0 Å². The average molecular weight is 336 g/mol. The summed E-state index contributed by atoms with van der Waals surface area (Å²) in [6, 6.07) is 0. The van der Waals surface area contributed by atoms with Gasteiger partial charge in [-0.3, -0.25) is 9.05 Å². The number of rotatable bonds is 13. The monoisotopic (exact) mass is 335 g/mol. The molecule has 0 aliphatic rings. The molecule has 0 saturated carbocycles. The van der Waals surface area contributed by atoms with Crippen LogP contribution in [-0.2, 0) is 13.6 Å². The minimum Gasteiger partial charge on any atom is -0.330 e. The Bertz CT molecular complexity index is 242. The summed E-state index contributed by atoms with van der Waals surface area (Å²) in [5.74, 6) is 0.642. The van der Waals surface area contributed by atoms with Gasteiger partial charge in [-0.1, -0.05) is 0 Å². The van der Waals surface area contributed by atoms with Crippen molar-refractivity contribution in [3.05, 3.63) is 0 Å². The molecule has 0 rings (SSSR count). The van der Waals surface area contributed by atoms with Gasteiger partial charge in [0.2, 0.25) is 0 Å². The minimum absolute atomic E-state index is 0.275. The highest BCUT2D eigenvalue weighted by Gasteiger charge is 2.32. The van der Waals surface area contributed by atoms with E-state index in [1.54, 1.807) is 4.67 Å². The van der Waals surface area contributed by atoms with Crippen LogP contribution in [0.15, 0.2) is 0 Å². The summed E-state index contributed by atoms with van der Waals surface area (Å²) in [5, 5.41) is 0. The fraction of sp³-hybridized carbons (Fsp3) is 1.00. The quantitative estimate of drug-likeness (QED) is 0.302. The van der Waals surface area contributed by atoms with Gasteiger partial charge in [0.15, 0.2) is 0 Å². The van der Waals surface area contributed by atoms with Crippen LogP contribution in [0.2, 0.25) is 0 Å². The first kappa shape index (κ1) is 19.6. The van der Waals surface area contributed by atoms with E-state index in [2.05, 4.69) is 0 Å². The maximum atomic E-state index is 12.7. The summed E-state index contributed by atoms with van der Waals surface area (Å²) in [4.78, 5) is 0. The van der Waals surface area contributed by atoms with Crippen molar-refractivity contribution in [2.24, 2.45) is 11.5 Å². The molecule has 116 valence electrons. The van der Waals surface area contributed by atoms with E-state index in [1.165, 1.54) is 0 Å². The maximum absolute atomic E-state index is 12.7. The molecule has 0 amide bonds. The topological polar surface area (TPSA) is 90.8 Å². The van der Waals surface area contributed by atoms with Crippen LogP contribution in [0.5, 0.6) is 0 Å². The molecule has 0 aliphatic heterocycles. The fourth-order valence-electron chi connectivity index (χ4n) is 1.28. The molecule has 9 heteroatoms. The van der Waals surface area contributed by atoms with E-state index in [4.69, 9.17) is 43.7 Å². The van der Waals surface area contributed by atoms with Crippen molar-refractivity contribution < 1.29 is 13.6 Å². The number of nitrogens with zero attached hydrogens (tertiary/aromatic N) is 1. The fourth-order valence-corrected chi connectivity index (χ4v) is 3.73. The van der Waals surface area contributed by atoms with Crippen molar-refractivity contribution in [2.45, 2.75) is 12.8 Å². The first-order chi connectivity index (χ1) is 9.14. The van der Waals surface area contributed by atoms with Crippen molar-refractivity contribution in [1.29, 1.82) is 0 Å². The summed E-state index contributed by atoms with van der Waals surface area (Å²) in [7, 11) is -3.37. The van der Waals surface area contributed by atoms with Gasteiger partial charge in [-0.15, -0.1) is 23.2 Å².